The number of rotatable bonds is 7. The van der Waals surface area contributed by atoms with E-state index in [0.29, 0.717) is 36.9 Å². The minimum atomic E-state index is 0.402. The van der Waals surface area contributed by atoms with Crippen LogP contribution in [0.4, 0.5) is 0 Å². The van der Waals surface area contributed by atoms with E-state index >= 15 is 0 Å². The van der Waals surface area contributed by atoms with Crippen LogP contribution in [0.1, 0.15) is 23.6 Å². The van der Waals surface area contributed by atoms with Crippen LogP contribution in [0.25, 0.3) is 0 Å². The second kappa shape index (κ2) is 8.09. The standard InChI is InChI=1S/C19H21NO3/c1-4-21-19-12-16(13-20)6-8-18(19)23-10-9-22-17-7-5-14(2)11-15(17)3/h5-8,11-12H,4,9-10H2,1-3H3. The Morgan fingerprint density at radius 2 is 1.57 bits per heavy atom. The van der Waals surface area contributed by atoms with Crippen LogP contribution in [0.15, 0.2) is 36.4 Å². The second-order valence-corrected chi connectivity index (χ2v) is 5.17. The van der Waals surface area contributed by atoms with Crippen molar-refractivity contribution in [2.45, 2.75) is 20.8 Å². The minimum Gasteiger partial charge on any atom is -0.490 e. The van der Waals surface area contributed by atoms with Crippen LogP contribution >= 0.6 is 0 Å². The first-order valence-corrected chi connectivity index (χ1v) is 7.64. The zero-order valence-electron chi connectivity index (χ0n) is 13.8. The van der Waals surface area contributed by atoms with Crippen LogP contribution in [-0.4, -0.2) is 19.8 Å². The molecule has 4 nitrogen and oxygen atoms in total. The van der Waals surface area contributed by atoms with Crippen molar-refractivity contribution in [2.75, 3.05) is 19.8 Å². The van der Waals surface area contributed by atoms with E-state index in [2.05, 4.69) is 19.1 Å². The van der Waals surface area contributed by atoms with Gasteiger partial charge in [-0.1, -0.05) is 17.7 Å². The highest BCUT2D eigenvalue weighted by molar-refractivity contribution is 5.46. The van der Waals surface area contributed by atoms with E-state index < -0.39 is 0 Å². The third kappa shape index (κ3) is 4.65. The van der Waals surface area contributed by atoms with Crippen molar-refractivity contribution < 1.29 is 14.2 Å². The molecule has 0 fully saturated rings. The number of hydrogen-bond donors (Lipinski definition) is 0. The molecule has 0 bridgehead atoms. The zero-order chi connectivity index (χ0) is 16.7. The highest BCUT2D eigenvalue weighted by Gasteiger charge is 2.07. The maximum Gasteiger partial charge on any atom is 0.162 e. The maximum atomic E-state index is 8.94. The Balaban J connectivity index is 1.92. The summed E-state index contributed by atoms with van der Waals surface area (Å²) >= 11 is 0. The van der Waals surface area contributed by atoms with Gasteiger partial charge >= 0.3 is 0 Å². The predicted octanol–water partition coefficient (Wildman–Crippen LogP) is 4.03. The van der Waals surface area contributed by atoms with E-state index in [9.17, 15) is 0 Å². The molecule has 0 N–H and O–H groups in total. The molecule has 0 aromatic heterocycles. The summed E-state index contributed by atoms with van der Waals surface area (Å²) in [6.07, 6.45) is 0. The van der Waals surface area contributed by atoms with Crippen LogP contribution < -0.4 is 14.2 Å². The van der Waals surface area contributed by atoms with Crippen LogP contribution in [0.5, 0.6) is 17.2 Å². The Hall–Kier alpha value is -2.67. The highest BCUT2D eigenvalue weighted by atomic mass is 16.5. The summed E-state index contributed by atoms with van der Waals surface area (Å²) in [6, 6.07) is 13.3. The van der Waals surface area contributed by atoms with Gasteiger partial charge in [-0.05, 0) is 44.5 Å². The van der Waals surface area contributed by atoms with Gasteiger partial charge in [0, 0.05) is 6.07 Å². The lowest BCUT2D eigenvalue weighted by atomic mass is 10.1. The van der Waals surface area contributed by atoms with Gasteiger partial charge in [0.05, 0.1) is 18.2 Å². The van der Waals surface area contributed by atoms with Crippen LogP contribution in [0.2, 0.25) is 0 Å². The number of ether oxygens (including phenoxy) is 3. The fourth-order valence-corrected chi connectivity index (χ4v) is 2.23. The van der Waals surface area contributed by atoms with Gasteiger partial charge in [0.25, 0.3) is 0 Å². The average Bonchev–Trinajstić information content (AvgIpc) is 2.54. The molecule has 2 aromatic rings. The molecule has 0 saturated carbocycles. The Kier molecular flexibility index (Phi) is 5.87. The summed E-state index contributed by atoms with van der Waals surface area (Å²) in [5.74, 6) is 2.07. The average molecular weight is 311 g/mol. The van der Waals surface area contributed by atoms with Gasteiger partial charge < -0.3 is 14.2 Å². The topological polar surface area (TPSA) is 51.5 Å². The summed E-state index contributed by atoms with van der Waals surface area (Å²) < 4.78 is 17.0. The molecular formula is C19H21NO3. The van der Waals surface area contributed by atoms with Gasteiger partial charge in [0.15, 0.2) is 11.5 Å². The summed E-state index contributed by atoms with van der Waals surface area (Å²) in [4.78, 5) is 0. The molecule has 4 heteroatoms. The fraction of sp³-hybridized carbons (Fsp3) is 0.316. The normalized spacial score (nSPS) is 10.0. The van der Waals surface area contributed by atoms with Crippen molar-refractivity contribution in [1.29, 1.82) is 5.26 Å². The Labute approximate surface area is 137 Å². The van der Waals surface area contributed by atoms with Crippen LogP contribution in [-0.2, 0) is 0 Å². The monoisotopic (exact) mass is 311 g/mol. The third-order valence-electron chi connectivity index (χ3n) is 3.30. The molecule has 23 heavy (non-hydrogen) atoms. The van der Waals surface area contributed by atoms with E-state index in [1.54, 1.807) is 18.2 Å². The molecule has 2 rings (SSSR count). The summed E-state index contributed by atoms with van der Waals surface area (Å²) in [7, 11) is 0. The number of hydrogen-bond acceptors (Lipinski definition) is 4. The van der Waals surface area contributed by atoms with Crippen molar-refractivity contribution in [3.8, 4) is 23.3 Å². The van der Waals surface area contributed by atoms with Gasteiger partial charge in [-0.15, -0.1) is 0 Å². The van der Waals surface area contributed by atoms with Gasteiger partial charge in [0.2, 0.25) is 0 Å². The molecule has 0 amide bonds. The Morgan fingerprint density at radius 1 is 0.870 bits per heavy atom. The number of nitrogens with zero attached hydrogens (tertiary/aromatic N) is 1. The Bertz CT molecular complexity index is 704. The molecule has 0 radical (unpaired) electrons. The lowest BCUT2D eigenvalue weighted by Crippen LogP contribution is -2.10. The van der Waals surface area contributed by atoms with Crippen molar-refractivity contribution in [2.24, 2.45) is 0 Å². The molecule has 0 aliphatic rings. The largest absolute Gasteiger partial charge is 0.490 e. The summed E-state index contributed by atoms with van der Waals surface area (Å²) in [6.45, 7) is 7.34. The lowest BCUT2D eigenvalue weighted by Gasteiger charge is -2.13. The van der Waals surface area contributed by atoms with E-state index in [-0.39, 0.29) is 0 Å². The van der Waals surface area contributed by atoms with Crippen LogP contribution in [0.3, 0.4) is 0 Å². The summed E-state index contributed by atoms with van der Waals surface area (Å²) in [5.41, 5.74) is 2.87. The molecule has 0 aliphatic heterocycles. The molecule has 0 saturated heterocycles. The molecular weight excluding hydrogens is 290 g/mol. The van der Waals surface area contributed by atoms with E-state index in [1.165, 1.54) is 5.56 Å². The molecule has 0 atom stereocenters. The predicted molar refractivity (Wildman–Crippen MR) is 89.2 cm³/mol. The second-order valence-electron chi connectivity index (χ2n) is 5.17. The van der Waals surface area contributed by atoms with E-state index in [4.69, 9.17) is 19.5 Å². The summed E-state index contributed by atoms with van der Waals surface area (Å²) in [5, 5.41) is 8.94. The number of benzene rings is 2. The molecule has 0 heterocycles. The van der Waals surface area contributed by atoms with E-state index in [0.717, 1.165) is 11.3 Å². The zero-order valence-corrected chi connectivity index (χ0v) is 13.8. The van der Waals surface area contributed by atoms with Crippen LogP contribution in [0, 0.1) is 25.2 Å². The molecule has 2 aromatic carbocycles. The number of nitriles is 1. The fourth-order valence-electron chi connectivity index (χ4n) is 2.23. The van der Waals surface area contributed by atoms with Crippen molar-refractivity contribution >= 4 is 0 Å². The van der Waals surface area contributed by atoms with Crippen molar-refractivity contribution in [1.82, 2.24) is 0 Å². The SMILES string of the molecule is CCOc1cc(C#N)ccc1OCCOc1ccc(C)cc1C. The molecule has 120 valence electrons. The Morgan fingerprint density at radius 3 is 2.22 bits per heavy atom. The minimum absolute atomic E-state index is 0.402. The molecule has 0 spiro atoms. The highest BCUT2D eigenvalue weighted by Crippen LogP contribution is 2.28. The molecule has 0 aliphatic carbocycles. The smallest absolute Gasteiger partial charge is 0.162 e. The molecule has 0 unspecified atom stereocenters. The van der Waals surface area contributed by atoms with Gasteiger partial charge in [0.1, 0.15) is 19.0 Å². The maximum absolute atomic E-state index is 8.94. The van der Waals surface area contributed by atoms with Gasteiger partial charge in [-0.2, -0.15) is 5.26 Å². The number of aryl methyl sites for hydroxylation is 2. The first-order chi connectivity index (χ1) is 11.1. The first kappa shape index (κ1) is 16.7. The van der Waals surface area contributed by atoms with Crippen molar-refractivity contribution in [3.63, 3.8) is 0 Å². The van der Waals surface area contributed by atoms with Gasteiger partial charge in [-0.25, -0.2) is 0 Å². The quantitative estimate of drug-likeness (QED) is 0.724. The van der Waals surface area contributed by atoms with Gasteiger partial charge in [-0.3, -0.25) is 0 Å². The third-order valence-corrected chi connectivity index (χ3v) is 3.30. The lowest BCUT2D eigenvalue weighted by molar-refractivity contribution is 0.207. The first-order valence-electron chi connectivity index (χ1n) is 7.64. The van der Waals surface area contributed by atoms with E-state index in [1.807, 2.05) is 26.0 Å². The van der Waals surface area contributed by atoms with Crippen molar-refractivity contribution in [3.05, 3.63) is 53.1 Å².